The van der Waals surface area contributed by atoms with E-state index in [9.17, 15) is 0 Å². The molecule has 0 spiro atoms. The molecule has 0 saturated heterocycles. The first-order chi connectivity index (χ1) is 3.85. The van der Waals surface area contributed by atoms with Gasteiger partial charge in [-0.1, -0.05) is 0 Å². The summed E-state index contributed by atoms with van der Waals surface area (Å²) in [4.78, 5) is 3.54. The summed E-state index contributed by atoms with van der Waals surface area (Å²) in [7, 11) is 4.59. The van der Waals surface area contributed by atoms with Gasteiger partial charge < -0.3 is 9.47 Å². The van der Waals surface area contributed by atoms with Gasteiger partial charge in [-0.2, -0.15) is 0 Å². The lowest BCUT2D eigenvalue weighted by Gasteiger charge is -1.96. The molecule has 0 aromatic rings. The van der Waals surface area contributed by atoms with Crippen molar-refractivity contribution in [1.82, 2.24) is 0 Å². The Morgan fingerprint density at radius 2 is 1.88 bits per heavy atom. The van der Waals surface area contributed by atoms with Crippen LogP contribution in [0, 0.1) is 0 Å². The molecule has 0 aromatic carbocycles. The van der Waals surface area contributed by atoms with E-state index in [2.05, 4.69) is 20.3 Å². The van der Waals surface area contributed by atoms with E-state index < -0.39 is 0 Å². The lowest BCUT2D eigenvalue weighted by atomic mass is 10.9. The zero-order valence-electron chi connectivity index (χ0n) is 5.26. The Morgan fingerprint density at radius 1 is 1.38 bits per heavy atom. The van der Waals surface area contributed by atoms with Gasteiger partial charge >= 0.3 is 5.95 Å². The van der Waals surface area contributed by atoms with Crippen LogP contribution in [0.5, 0.6) is 0 Å². The number of hydrogen-bond donors (Lipinski definition) is 0. The standard InChI is InChI=1S/C5H9NO2/c1-6-4-5(7-2)8-3/h1-3H3. The Kier molecular flexibility index (Phi) is 3.71. The van der Waals surface area contributed by atoms with Gasteiger partial charge in [0.05, 0.1) is 20.1 Å². The van der Waals surface area contributed by atoms with Crippen LogP contribution in [0.1, 0.15) is 0 Å². The zero-order valence-corrected chi connectivity index (χ0v) is 5.26. The smallest absolute Gasteiger partial charge is 0.346 e. The molecule has 0 aromatic heterocycles. The second kappa shape index (κ2) is 4.22. The Balaban J connectivity index is 3.87. The van der Waals surface area contributed by atoms with Crippen LogP contribution in [0.15, 0.2) is 10.9 Å². The summed E-state index contributed by atoms with van der Waals surface area (Å²) in [5.74, 6) is 2.78. The lowest BCUT2D eigenvalue weighted by Crippen LogP contribution is -1.88. The van der Waals surface area contributed by atoms with Crippen LogP contribution in [0.3, 0.4) is 0 Å². The van der Waals surface area contributed by atoms with Gasteiger partial charge in [0, 0.05) is 7.05 Å². The fourth-order valence-electron chi connectivity index (χ4n) is 0.266. The minimum atomic E-state index is 0.299. The van der Waals surface area contributed by atoms with Gasteiger partial charge in [-0.15, -0.1) is 0 Å². The van der Waals surface area contributed by atoms with E-state index in [1.165, 1.54) is 14.2 Å². The summed E-state index contributed by atoms with van der Waals surface area (Å²) in [6.45, 7) is 0. The van der Waals surface area contributed by atoms with E-state index in [1.54, 1.807) is 7.05 Å². The third-order valence-electron chi connectivity index (χ3n) is 0.574. The van der Waals surface area contributed by atoms with Gasteiger partial charge in [-0.3, -0.25) is 0 Å². The van der Waals surface area contributed by atoms with Crippen molar-refractivity contribution in [2.24, 2.45) is 4.99 Å². The molecule has 0 bridgehead atoms. The third-order valence-corrected chi connectivity index (χ3v) is 0.574. The zero-order chi connectivity index (χ0) is 6.41. The van der Waals surface area contributed by atoms with Crippen LogP contribution in [0.2, 0.25) is 0 Å². The number of hydrogen-bond acceptors (Lipinski definition) is 3. The molecule has 0 heterocycles. The molecule has 0 rings (SSSR count). The first-order valence-electron chi connectivity index (χ1n) is 2.15. The highest BCUT2D eigenvalue weighted by atomic mass is 16.7. The van der Waals surface area contributed by atoms with Gasteiger partial charge in [0.25, 0.3) is 0 Å². The first kappa shape index (κ1) is 7.05. The molecule has 0 radical (unpaired) electrons. The van der Waals surface area contributed by atoms with E-state index >= 15 is 0 Å². The van der Waals surface area contributed by atoms with Crippen LogP contribution in [0.25, 0.3) is 0 Å². The average Bonchev–Trinajstić information content (AvgIpc) is 1.83. The van der Waals surface area contributed by atoms with E-state index in [0.29, 0.717) is 5.95 Å². The molecule has 0 aliphatic carbocycles. The molecule has 0 aliphatic heterocycles. The fraction of sp³-hybridized carbons (Fsp3) is 0.600. The normalized spacial score (nSPS) is 6.88. The molecule has 0 N–H and O–H groups in total. The van der Waals surface area contributed by atoms with Crippen molar-refractivity contribution in [1.29, 1.82) is 0 Å². The van der Waals surface area contributed by atoms with Crippen molar-refractivity contribution in [3.63, 3.8) is 0 Å². The minimum Gasteiger partial charge on any atom is -0.462 e. The van der Waals surface area contributed by atoms with E-state index in [1.807, 2.05) is 0 Å². The van der Waals surface area contributed by atoms with Crippen molar-refractivity contribution < 1.29 is 9.47 Å². The van der Waals surface area contributed by atoms with Crippen molar-refractivity contribution in [3.05, 3.63) is 5.95 Å². The quantitative estimate of drug-likeness (QED) is 0.385. The second-order valence-electron chi connectivity index (χ2n) is 1.03. The maximum atomic E-state index is 4.63. The Labute approximate surface area is 48.6 Å². The van der Waals surface area contributed by atoms with Crippen molar-refractivity contribution in [2.75, 3.05) is 21.3 Å². The van der Waals surface area contributed by atoms with Crippen molar-refractivity contribution >= 4 is 5.87 Å². The highest BCUT2D eigenvalue weighted by molar-refractivity contribution is 5.52. The topological polar surface area (TPSA) is 30.8 Å². The summed E-state index contributed by atoms with van der Waals surface area (Å²) in [5, 5.41) is 0. The van der Waals surface area contributed by atoms with Crippen LogP contribution >= 0.6 is 0 Å². The van der Waals surface area contributed by atoms with Crippen LogP contribution in [-0.2, 0) is 9.47 Å². The second-order valence-corrected chi connectivity index (χ2v) is 1.03. The largest absolute Gasteiger partial charge is 0.462 e. The van der Waals surface area contributed by atoms with Gasteiger partial charge in [0.2, 0.25) is 0 Å². The highest BCUT2D eigenvalue weighted by Gasteiger charge is 1.85. The molecule has 0 fully saturated rings. The van der Waals surface area contributed by atoms with Crippen LogP contribution in [0.4, 0.5) is 0 Å². The van der Waals surface area contributed by atoms with Crippen molar-refractivity contribution in [2.45, 2.75) is 0 Å². The van der Waals surface area contributed by atoms with Crippen LogP contribution < -0.4 is 0 Å². The molecule has 0 amide bonds. The van der Waals surface area contributed by atoms with E-state index in [4.69, 9.17) is 0 Å². The average molecular weight is 115 g/mol. The summed E-state index contributed by atoms with van der Waals surface area (Å²) in [6, 6.07) is 0. The predicted molar refractivity (Wildman–Crippen MR) is 30.9 cm³/mol. The monoisotopic (exact) mass is 115 g/mol. The van der Waals surface area contributed by atoms with Crippen molar-refractivity contribution in [3.8, 4) is 0 Å². The Hall–Kier alpha value is -0.950. The van der Waals surface area contributed by atoms with Gasteiger partial charge in [0.15, 0.2) is 0 Å². The van der Waals surface area contributed by atoms with Gasteiger partial charge in [-0.05, 0) is 0 Å². The Morgan fingerprint density at radius 3 is 2.00 bits per heavy atom. The molecular formula is C5H9NO2. The predicted octanol–water partition coefficient (Wildman–Crippen LogP) is 0.420. The van der Waals surface area contributed by atoms with Gasteiger partial charge in [-0.25, -0.2) is 4.99 Å². The summed E-state index contributed by atoms with van der Waals surface area (Å²) in [6.07, 6.45) is 0. The molecule has 3 heteroatoms. The SMILES string of the molecule is CN=C=C(OC)OC. The molecule has 0 saturated carbocycles. The Bertz CT molecular complexity index is 108. The maximum absolute atomic E-state index is 4.63. The number of methoxy groups -OCH3 is 2. The fourth-order valence-corrected chi connectivity index (χ4v) is 0.266. The van der Waals surface area contributed by atoms with Crippen LogP contribution in [-0.4, -0.2) is 27.1 Å². The minimum absolute atomic E-state index is 0.299. The van der Waals surface area contributed by atoms with Gasteiger partial charge in [0.1, 0.15) is 0 Å². The maximum Gasteiger partial charge on any atom is 0.346 e. The molecule has 46 valence electrons. The van der Waals surface area contributed by atoms with E-state index in [-0.39, 0.29) is 0 Å². The molecule has 0 unspecified atom stereocenters. The summed E-state index contributed by atoms with van der Waals surface area (Å²) < 4.78 is 9.26. The third kappa shape index (κ3) is 2.26. The molecule has 3 nitrogen and oxygen atoms in total. The lowest BCUT2D eigenvalue weighted by molar-refractivity contribution is 0.103. The number of aliphatic imine (C=N–C) groups is 1. The number of rotatable bonds is 2. The summed E-state index contributed by atoms with van der Waals surface area (Å²) >= 11 is 0. The first-order valence-corrected chi connectivity index (χ1v) is 2.15. The van der Waals surface area contributed by atoms with E-state index in [0.717, 1.165) is 0 Å². The number of nitrogens with zero attached hydrogens (tertiary/aromatic N) is 1. The highest BCUT2D eigenvalue weighted by Crippen LogP contribution is 1.85. The molecule has 0 aliphatic rings. The summed E-state index contributed by atoms with van der Waals surface area (Å²) in [5.41, 5.74) is 0. The molecular weight excluding hydrogens is 106 g/mol. The molecule has 8 heavy (non-hydrogen) atoms. The number of ether oxygens (including phenoxy) is 2. The molecule has 0 atom stereocenters.